The molecule has 0 aromatic heterocycles. The van der Waals surface area contributed by atoms with Gasteiger partial charge in [0.1, 0.15) is 0 Å². The zero-order chi connectivity index (χ0) is 5.21. The van der Waals surface area contributed by atoms with Crippen molar-refractivity contribution in [1.29, 1.82) is 0 Å². The Labute approximate surface area is 48.7 Å². The quantitative estimate of drug-likeness (QED) is 0.483. The highest BCUT2D eigenvalue weighted by Crippen LogP contribution is 1.99. The van der Waals surface area contributed by atoms with Crippen LogP contribution in [0, 0.1) is 0 Å². The van der Waals surface area contributed by atoms with Crippen LogP contribution in [0.3, 0.4) is 0 Å². The van der Waals surface area contributed by atoms with E-state index >= 15 is 0 Å². The van der Waals surface area contributed by atoms with E-state index in [2.05, 4.69) is 6.58 Å². The number of hydrogen-bond donors (Lipinski definition) is 0. The van der Waals surface area contributed by atoms with Gasteiger partial charge in [0.25, 0.3) is 0 Å². The normalized spacial score (nSPS) is 10.8. The predicted octanol–water partition coefficient (Wildman–Crippen LogP) is 0.895. The van der Waals surface area contributed by atoms with E-state index in [4.69, 9.17) is 0 Å². The maximum absolute atomic E-state index is 9.87. The van der Waals surface area contributed by atoms with Crippen molar-refractivity contribution in [2.75, 3.05) is 0 Å². The van der Waals surface area contributed by atoms with E-state index in [1.54, 1.807) is 0 Å². The summed E-state index contributed by atoms with van der Waals surface area (Å²) in [4.78, 5) is 0. The van der Waals surface area contributed by atoms with E-state index in [-0.39, 0.29) is 0 Å². The SMILES string of the molecule is C=CS(=O)(=O)I. The van der Waals surface area contributed by atoms with Gasteiger partial charge in [-0.2, -0.15) is 0 Å². The minimum Gasteiger partial charge on any atom is -0.214 e. The fraction of sp³-hybridized carbons (Fsp3) is 0. The van der Waals surface area contributed by atoms with Gasteiger partial charge in [-0.3, -0.25) is 0 Å². The lowest BCUT2D eigenvalue weighted by Crippen LogP contribution is -1.72. The summed E-state index contributed by atoms with van der Waals surface area (Å²) >= 11 is 1.29. The maximum Gasteiger partial charge on any atom is 0.223 e. The fourth-order valence-electron chi connectivity index (χ4n) is 0. The summed E-state index contributed by atoms with van der Waals surface area (Å²) in [5.41, 5.74) is 0. The number of halogens is 1. The van der Waals surface area contributed by atoms with Crippen molar-refractivity contribution in [1.82, 2.24) is 0 Å². The molecule has 0 aliphatic heterocycles. The van der Waals surface area contributed by atoms with Crippen LogP contribution < -0.4 is 0 Å². The van der Waals surface area contributed by atoms with Crippen molar-refractivity contribution in [2.45, 2.75) is 0 Å². The summed E-state index contributed by atoms with van der Waals surface area (Å²) in [5.74, 6) is 0. The van der Waals surface area contributed by atoms with Gasteiger partial charge in [0.05, 0.1) is 21.2 Å². The van der Waals surface area contributed by atoms with E-state index in [1.807, 2.05) is 0 Å². The van der Waals surface area contributed by atoms with Crippen LogP contribution in [-0.2, 0) is 7.01 Å². The van der Waals surface area contributed by atoms with Gasteiger partial charge < -0.3 is 0 Å². The molecule has 0 heterocycles. The Kier molecular flexibility index (Phi) is 2.06. The molecule has 0 aromatic carbocycles. The van der Waals surface area contributed by atoms with Gasteiger partial charge in [0.15, 0.2) is 0 Å². The molecule has 0 N–H and O–H groups in total. The minimum atomic E-state index is -2.93. The van der Waals surface area contributed by atoms with Crippen molar-refractivity contribution < 1.29 is 8.42 Å². The molecule has 0 atom stereocenters. The van der Waals surface area contributed by atoms with Gasteiger partial charge in [0.2, 0.25) is 7.01 Å². The third-order valence-electron chi connectivity index (χ3n) is 0.199. The van der Waals surface area contributed by atoms with Crippen LogP contribution in [-0.4, -0.2) is 8.42 Å². The van der Waals surface area contributed by atoms with E-state index in [0.29, 0.717) is 0 Å². The summed E-state index contributed by atoms with van der Waals surface area (Å²) in [6.07, 6.45) is 0. The van der Waals surface area contributed by atoms with Crippen molar-refractivity contribution >= 4 is 28.2 Å². The van der Waals surface area contributed by atoms with E-state index in [9.17, 15) is 8.42 Å². The van der Waals surface area contributed by atoms with Gasteiger partial charge in [-0.25, -0.2) is 8.42 Å². The molecule has 0 unspecified atom stereocenters. The maximum atomic E-state index is 9.87. The average Bonchev–Trinajstić information content (AvgIpc) is 1.35. The molecule has 0 radical (unpaired) electrons. The van der Waals surface area contributed by atoms with Crippen molar-refractivity contribution in [3.8, 4) is 0 Å². The van der Waals surface area contributed by atoms with Crippen LogP contribution in [0.15, 0.2) is 12.0 Å². The van der Waals surface area contributed by atoms with Gasteiger partial charge in [-0.1, -0.05) is 6.58 Å². The Morgan fingerprint density at radius 3 is 1.83 bits per heavy atom. The van der Waals surface area contributed by atoms with Crippen LogP contribution in [0.4, 0.5) is 0 Å². The van der Waals surface area contributed by atoms with E-state index in [0.717, 1.165) is 5.41 Å². The molecule has 0 saturated heterocycles. The molecule has 0 saturated carbocycles. The zero-order valence-corrected chi connectivity index (χ0v) is 5.86. The van der Waals surface area contributed by atoms with Crippen LogP contribution in [0.2, 0.25) is 0 Å². The summed E-state index contributed by atoms with van der Waals surface area (Å²) in [5, 5.41) is 0.896. The zero-order valence-electron chi connectivity index (χ0n) is 2.89. The average molecular weight is 218 g/mol. The highest BCUT2D eigenvalue weighted by Gasteiger charge is 1.88. The van der Waals surface area contributed by atoms with Gasteiger partial charge in [0, 0.05) is 5.41 Å². The summed E-state index contributed by atoms with van der Waals surface area (Å²) < 4.78 is 19.7. The molecule has 0 aromatic rings. The lowest BCUT2D eigenvalue weighted by atomic mass is 11.3. The van der Waals surface area contributed by atoms with Crippen molar-refractivity contribution in [3.05, 3.63) is 12.0 Å². The van der Waals surface area contributed by atoms with E-state index in [1.165, 1.54) is 21.2 Å². The number of rotatable bonds is 1. The topological polar surface area (TPSA) is 34.1 Å². The fourth-order valence-corrected chi connectivity index (χ4v) is 0. The van der Waals surface area contributed by atoms with Crippen molar-refractivity contribution in [3.63, 3.8) is 0 Å². The Balaban J connectivity index is 4.25. The molecule has 0 amide bonds. The van der Waals surface area contributed by atoms with Crippen LogP contribution in [0.1, 0.15) is 0 Å². The lowest BCUT2D eigenvalue weighted by molar-refractivity contribution is 0.620. The molecule has 36 valence electrons. The highest BCUT2D eigenvalue weighted by molar-refractivity contribution is 14.2. The summed E-state index contributed by atoms with van der Waals surface area (Å²) in [6.45, 7) is 3.04. The van der Waals surface area contributed by atoms with Crippen LogP contribution in [0.25, 0.3) is 0 Å². The standard InChI is InChI=1S/C2H3IO2S/c1-2-6(3,4)5/h2H,1H2. The Bertz CT molecular complexity index is 122. The summed E-state index contributed by atoms with van der Waals surface area (Å²) in [6, 6.07) is 0. The molecule has 0 aliphatic rings. The second-order valence-corrected chi connectivity index (χ2v) is 5.61. The van der Waals surface area contributed by atoms with Crippen molar-refractivity contribution in [2.24, 2.45) is 0 Å². The Hall–Kier alpha value is 0.420. The van der Waals surface area contributed by atoms with Gasteiger partial charge >= 0.3 is 0 Å². The molecule has 0 fully saturated rings. The van der Waals surface area contributed by atoms with Gasteiger partial charge in [-0.05, 0) is 0 Å². The summed E-state index contributed by atoms with van der Waals surface area (Å²) in [7, 11) is -2.93. The van der Waals surface area contributed by atoms with Crippen LogP contribution >= 0.6 is 21.2 Å². The minimum absolute atomic E-state index is 0.896. The predicted molar refractivity (Wildman–Crippen MR) is 33.1 cm³/mol. The molecular formula is C2H3IO2S. The first-order chi connectivity index (χ1) is 2.56. The molecule has 0 spiro atoms. The third-order valence-corrected chi connectivity index (χ3v) is 1.68. The lowest BCUT2D eigenvalue weighted by Gasteiger charge is -1.71. The second kappa shape index (κ2) is 1.92. The second-order valence-electron chi connectivity index (χ2n) is 0.642. The van der Waals surface area contributed by atoms with E-state index < -0.39 is 7.01 Å². The molecule has 4 heteroatoms. The molecule has 2 nitrogen and oxygen atoms in total. The molecule has 0 rings (SSSR count). The Morgan fingerprint density at radius 2 is 1.83 bits per heavy atom. The Morgan fingerprint density at radius 1 is 1.67 bits per heavy atom. The highest BCUT2D eigenvalue weighted by atomic mass is 127. The molecule has 0 bridgehead atoms. The molecule has 6 heavy (non-hydrogen) atoms. The first-order valence-corrected chi connectivity index (χ1v) is 5.22. The molecular weight excluding hydrogens is 215 g/mol. The van der Waals surface area contributed by atoms with Crippen LogP contribution in [0.5, 0.6) is 0 Å². The number of hydrogen-bond acceptors (Lipinski definition) is 2. The molecule has 0 aliphatic carbocycles. The monoisotopic (exact) mass is 218 g/mol. The first kappa shape index (κ1) is 6.42. The largest absolute Gasteiger partial charge is 0.223 e. The first-order valence-electron chi connectivity index (χ1n) is 1.13. The van der Waals surface area contributed by atoms with Gasteiger partial charge in [-0.15, -0.1) is 0 Å². The third kappa shape index (κ3) is 4.42. The smallest absolute Gasteiger partial charge is 0.214 e.